The van der Waals surface area contributed by atoms with Gasteiger partial charge in [-0.3, -0.25) is 9.48 Å². The molecular weight excluding hydrogens is 479 g/mol. The summed E-state index contributed by atoms with van der Waals surface area (Å²) in [6.07, 6.45) is 6.41. The largest absolute Gasteiger partial charge is 0.357 e. The van der Waals surface area contributed by atoms with Gasteiger partial charge < -0.3 is 15.5 Å². The molecule has 0 radical (unpaired) electrons. The molecule has 0 aliphatic carbocycles. The second-order valence-electron chi connectivity index (χ2n) is 6.98. The van der Waals surface area contributed by atoms with E-state index in [1.807, 2.05) is 27.9 Å². The maximum absolute atomic E-state index is 11.8. The summed E-state index contributed by atoms with van der Waals surface area (Å²) >= 11 is 0. The number of likely N-dealkylation sites (tertiary alicyclic amines) is 1. The van der Waals surface area contributed by atoms with Gasteiger partial charge in [0.2, 0.25) is 5.91 Å². The summed E-state index contributed by atoms with van der Waals surface area (Å²) in [5, 5.41) is 10.9. The second-order valence-corrected chi connectivity index (χ2v) is 6.98. The normalized spacial score (nSPS) is 14.0. The van der Waals surface area contributed by atoms with Gasteiger partial charge in [-0.1, -0.05) is 24.3 Å². The number of rotatable bonds is 9. The first-order valence-corrected chi connectivity index (χ1v) is 10.1. The summed E-state index contributed by atoms with van der Waals surface area (Å²) in [7, 11) is 0. The summed E-state index contributed by atoms with van der Waals surface area (Å²) in [5.74, 6) is 1.08. The third-order valence-electron chi connectivity index (χ3n) is 4.72. The molecule has 1 aliphatic heterocycles. The van der Waals surface area contributed by atoms with E-state index < -0.39 is 0 Å². The number of aliphatic imine (C=N–C) groups is 1. The van der Waals surface area contributed by atoms with Crippen molar-refractivity contribution in [3.8, 4) is 0 Å². The van der Waals surface area contributed by atoms with Gasteiger partial charge in [0.15, 0.2) is 5.96 Å². The molecule has 1 fully saturated rings. The molecule has 0 saturated carbocycles. The highest BCUT2D eigenvalue weighted by molar-refractivity contribution is 14.0. The van der Waals surface area contributed by atoms with Crippen molar-refractivity contribution >= 4 is 35.8 Å². The Balaban J connectivity index is 0.00000300. The minimum atomic E-state index is 0. The van der Waals surface area contributed by atoms with Gasteiger partial charge >= 0.3 is 0 Å². The van der Waals surface area contributed by atoms with Crippen LogP contribution in [0.15, 0.2) is 47.7 Å². The second kappa shape index (κ2) is 12.5. The van der Waals surface area contributed by atoms with E-state index in [4.69, 9.17) is 4.99 Å². The number of hydrogen-bond donors (Lipinski definition) is 2. The molecule has 158 valence electrons. The van der Waals surface area contributed by atoms with Gasteiger partial charge in [0.25, 0.3) is 0 Å². The van der Waals surface area contributed by atoms with Crippen LogP contribution in [0.3, 0.4) is 0 Å². The van der Waals surface area contributed by atoms with Crippen LogP contribution in [0.2, 0.25) is 0 Å². The van der Waals surface area contributed by atoms with E-state index >= 15 is 0 Å². The van der Waals surface area contributed by atoms with Gasteiger partial charge in [-0.2, -0.15) is 5.10 Å². The van der Waals surface area contributed by atoms with Crippen LogP contribution in [-0.2, 0) is 24.4 Å². The number of nitrogens with zero attached hydrogens (tertiary/aromatic N) is 4. The van der Waals surface area contributed by atoms with Gasteiger partial charge in [0, 0.05) is 51.5 Å². The van der Waals surface area contributed by atoms with E-state index in [1.165, 1.54) is 5.56 Å². The molecule has 0 bridgehead atoms. The lowest BCUT2D eigenvalue weighted by molar-refractivity contribution is -0.128. The molecule has 1 saturated heterocycles. The molecule has 29 heavy (non-hydrogen) atoms. The maximum atomic E-state index is 11.8. The molecule has 1 aromatic carbocycles. The van der Waals surface area contributed by atoms with Crippen LogP contribution < -0.4 is 10.6 Å². The first-order chi connectivity index (χ1) is 13.7. The molecule has 0 atom stereocenters. The SMILES string of the molecule is CCNC(=NCc1cccc(CN2CCCC2=O)c1)NCCCn1cccn1.I. The van der Waals surface area contributed by atoms with E-state index in [1.54, 1.807) is 6.20 Å². The van der Waals surface area contributed by atoms with Gasteiger partial charge in [0.05, 0.1) is 6.54 Å². The van der Waals surface area contributed by atoms with Crippen molar-refractivity contribution in [3.05, 3.63) is 53.9 Å². The Morgan fingerprint density at radius 1 is 1.24 bits per heavy atom. The summed E-state index contributed by atoms with van der Waals surface area (Å²) < 4.78 is 1.93. The number of aromatic nitrogens is 2. The Morgan fingerprint density at radius 3 is 2.83 bits per heavy atom. The molecule has 7 nitrogen and oxygen atoms in total. The molecule has 2 aromatic rings. The van der Waals surface area contributed by atoms with Crippen LogP contribution in [-0.4, -0.2) is 46.2 Å². The Kier molecular flexibility index (Phi) is 9.96. The van der Waals surface area contributed by atoms with Gasteiger partial charge in [0.1, 0.15) is 0 Å². The molecule has 2 N–H and O–H groups in total. The Bertz CT molecular complexity index is 777. The highest BCUT2D eigenvalue weighted by Gasteiger charge is 2.19. The van der Waals surface area contributed by atoms with Crippen molar-refractivity contribution in [3.63, 3.8) is 0 Å². The number of aryl methyl sites for hydroxylation is 1. The minimum absolute atomic E-state index is 0. The predicted octanol–water partition coefficient (Wildman–Crippen LogP) is 2.77. The zero-order chi connectivity index (χ0) is 19.6. The highest BCUT2D eigenvalue weighted by Crippen LogP contribution is 2.15. The van der Waals surface area contributed by atoms with E-state index in [0.717, 1.165) is 50.5 Å². The van der Waals surface area contributed by atoms with Gasteiger partial charge in [-0.05, 0) is 37.0 Å². The number of benzene rings is 1. The fourth-order valence-corrected chi connectivity index (χ4v) is 3.31. The van der Waals surface area contributed by atoms with Crippen molar-refractivity contribution in [1.29, 1.82) is 0 Å². The molecule has 2 heterocycles. The number of nitrogens with one attached hydrogen (secondary N) is 2. The summed E-state index contributed by atoms with van der Waals surface area (Å²) in [4.78, 5) is 18.5. The molecular formula is C21H31IN6O. The van der Waals surface area contributed by atoms with Gasteiger partial charge in [-0.25, -0.2) is 4.99 Å². The summed E-state index contributed by atoms with van der Waals surface area (Å²) in [6, 6.07) is 10.3. The Morgan fingerprint density at radius 2 is 2.10 bits per heavy atom. The minimum Gasteiger partial charge on any atom is -0.357 e. The van der Waals surface area contributed by atoms with Crippen LogP contribution in [0.1, 0.15) is 37.3 Å². The molecule has 8 heteroatoms. The number of hydrogen-bond acceptors (Lipinski definition) is 3. The third kappa shape index (κ3) is 7.68. The Labute approximate surface area is 190 Å². The summed E-state index contributed by atoms with van der Waals surface area (Å²) in [6.45, 7) is 6.78. The first kappa shape index (κ1) is 23.2. The highest BCUT2D eigenvalue weighted by atomic mass is 127. The quantitative estimate of drug-likeness (QED) is 0.236. The zero-order valence-electron chi connectivity index (χ0n) is 17.0. The standard InChI is InChI=1S/C21H30N6O.HI/c1-2-22-21(23-10-5-13-27-14-6-11-25-27)24-16-18-7-3-8-19(15-18)17-26-12-4-9-20(26)28;/h3,6-8,11,14-15H,2,4-5,9-10,12-13,16-17H2,1H3,(H2,22,23,24);1H. The fourth-order valence-electron chi connectivity index (χ4n) is 3.31. The summed E-state index contributed by atoms with van der Waals surface area (Å²) in [5.41, 5.74) is 2.32. The Hall–Kier alpha value is -2.10. The fraction of sp³-hybridized carbons (Fsp3) is 0.476. The average molecular weight is 510 g/mol. The van der Waals surface area contributed by atoms with Crippen LogP contribution >= 0.6 is 24.0 Å². The zero-order valence-corrected chi connectivity index (χ0v) is 19.3. The maximum Gasteiger partial charge on any atom is 0.222 e. The first-order valence-electron chi connectivity index (χ1n) is 10.1. The molecule has 0 unspecified atom stereocenters. The monoisotopic (exact) mass is 510 g/mol. The topological polar surface area (TPSA) is 74.6 Å². The van der Waals surface area contributed by atoms with Crippen molar-refractivity contribution in [1.82, 2.24) is 25.3 Å². The smallest absolute Gasteiger partial charge is 0.222 e. The van der Waals surface area contributed by atoms with Crippen LogP contribution in [0.5, 0.6) is 0 Å². The van der Waals surface area contributed by atoms with Crippen molar-refractivity contribution in [2.75, 3.05) is 19.6 Å². The number of carbonyl (C=O) groups is 1. The van der Waals surface area contributed by atoms with Crippen LogP contribution in [0.25, 0.3) is 0 Å². The molecule has 0 spiro atoms. The van der Waals surface area contributed by atoms with Crippen molar-refractivity contribution < 1.29 is 4.79 Å². The van der Waals surface area contributed by atoms with Crippen LogP contribution in [0, 0.1) is 0 Å². The molecule has 1 amide bonds. The van der Waals surface area contributed by atoms with E-state index in [-0.39, 0.29) is 29.9 Å². The van der Waals surface area contributed by atoms with Gasteiger partial charge in [-0.15, -0.1) is 24.0 Å². The molecule has 3 rings (SSSR count). The van der Waals surface area contributed by atoms with E-state index in [0.29, 0.717) is 19.5 Å². The van der Waals surface area contributed by atoms with E-state index in [9.17, 15) is 4.79 Å². The van der Waals surface area contributed by atoms with Crippen LogP contribution in [0.4, 0.5) is 0 Å². The lowest BCUT2D eigenvalue weighted by Gasteiger charge is -2.16. The van der Waals surface area contributed by atoms with Crippen molar-refractivity contribution in [2.45, 2.75) is 45.8 Å². The number of guanidine groups is 1. The molecule has 1 aromatic heterocycles. The average Bonchev–Trinajstić information content (AvgIpc) is 3.36. The van der Waals surface area contributed by atoms with Crippen molar-refractivity contribution in [2.24, 2.45) is 4.99 Å². The number of halogens is 1. The number of carbonyl (C=O) groups excluding carboxylic acids is 1. The molecule has 1 aliphatic rings. The van der Waals surface area contributed by atoms with E-state index in [2.05, 4.69) is 40.9 Å². The lowest BCUT2D eigenvalue weighted by Crippen LogP contribution is -2.38. The lowest BCUT2D eigenvalue weighted by atomic mass is 10.1. The predicted molar refractivity (Wildman–Crippen MR) is 126 cm³/mol. The number of amides is 1. The third-order valence-corrected chi connectivity index (χ3v) is 4.72.